The van der Waals surface area contributed by atoms with Gasteiger partial charge in [0.25, 0.3) is 0 Å². The number of carbonyl (C=O) groups is 1. The van der Waals surface area contributed by atoms with Gasteiger partial charge in [0, 0.05) is 12.5 Å². The fourth-order valence-corrected chi connectivity index (χ4v) is 3.20. The van der Waals surface area contributed by atoms with Gasteiger partial charge in [-0.25, -0.2) is 0 Å². The first-order chi connectivity index (χ1) is 7.67. The summed E-state index contributed by atoms with van der Waals surface area (Å²) in [5.74, 6) is 0.587. The zero-order valence-electron chi connectivity index (χ0n) is 10.5. The summed E-state index contributed by atoms with van der Waals surface area (Å²) in [6, 6.07) is 0. The lowest BCUT2D eigenvalue weighted by Crippen LogP contribution is -2.52. The van der Waals surface area contributed by atoms with Crippen LogP contribution in [0.1, 0.15) is 38.5 Å². The second-order valence-electron chi connectivity index (χ2n) is 5.41. The van der Waals surface area contributed by atoms with Gasteiger partial charge in [-0.15, -0.1) is 0 Å². The van der Waals surface area contributed by atoms with Crippen molar-refractivity contribution in [3.63, 3.8) is 0 Å². The average molecular weight is 225 g/mol. The van der Waals surface area contributed by atoms with Crippen LogP contribution in [0, 0.1) is 5.92 Å². The first-order valence-corrected chi connectivity index (χ1v) is 6.46. The van der Waals surface area contributed by atoms with Crippen molar-refractivity contribution in [2.45, 2.75) is 44.1 Å². The van der Waals surface area contributed by atoms with E-state index >= 15 is 0 Å². The summed E-state index contributed by atoms with van der Waals surface area (Å²) in [4.78, 5) is 14.8. The van der Waals surface area contributed by atoms with Gasteiger partial charge in [-0.2, -0.15) is 0 Å². The molecule has 0 aromatic carbocycles. The third kappa shape index (κ3) is 2.03. The van der Waals surface area contributed by atoms with Crippen LogP contribution in [0.25, 0.3) is 0 Å². The summed E-state index contributed by atoms with van der Waals surface area (Å²) >= 11 is 0. The average Bonchev–Trinajstić information content (AvgIpc) is 2.79. The van der Waals surface area contributed by atoms with E-state index in [0.717, 1.165) is 32.3 Å². The molecule has 1 aliphatic heterocycles. The van der Waals surface area contributed by atoms with Gasteiger partial charge in [-0.05, 0) is 39.8 Å². The van der Waals surface area contributed by atoms with Crippen molar-refractivity contribution < 1.29 is 9.53 Å². The molecule has 1 saturated carbocycles. The molecule has 2 aliphatic rings. The highest BCUT2D eigenvalue weighted by Gasteiger charge is 2.45. The molecular weight excluding hydrogens is 202 g/mol. The molecule has 0 amide bonds. The molecule has 0 spiro atoms. The molecule has 92 valence electrons. The number of rotatable bonds is 3. The van der Waals surface area contributed by atoms with Gasteiger partial charge in [-0.1, -0.05) is 12.8 Å². The number of carbonyl (C=O) groups excluding carboxylic acids is 1. The van der Waals surface area contributed by atoms with Crippen molar-refractivity contribution in [3.8, 4) is 0 Å². The number of hydrogen-bond donors (Lipinski definition) is 0. The zero-order valence-corrected chi connectivity index (χ0v) is 10.5. The topological polar surface area (TPSA) is 29.5 Å². The third-order valence-corrected chi connectivity index (χ3v) is 4.28. The van der Waals surface area contributed by atoms with E-state index in [0.29, 0.717) is 12.4 Å². The Balaban J connectivity index is 2.10. The predicted octanol–water partition coefficient (Wildman–Crippen LogP) is 1.86. The minimum atomic E-state index is -0.175. The normalized spacial score (nSPS) is 29.6. The Labute approximate surface area is 98.1 Å². The van der Waals surface area contributed by atoms with E-state index in [1.807, 2.05) is 14.1 Å². The third-order valence-electron chi connectivity index (χ3n) is 4.28. The molecule has 16 heavy (non-hydrogen) atoms. The molecule has 3 nitrogen and oxygen atoms in total. The number of hydrogen-bond acceptors (Lipinski definition) is 3. The number of ether oxygens (including phenoxy) is 1. The summed E-state index contributed by atoms with van der Waals surface area (Å²) in [6.45, 7) is 1.48. The minimum Gasteiger partial charge on any atom is -0.381 e. The smallest absolute Gasteiger partial charge is 0.158 e. The van der Waals surface area contributed by atoms with Crippen molar-refractivity contribution in [2.24, 2.45) is 5.92 Å². The molecule has 1 heterocycles. The van der Waals surface area contributed by atoms with Crippen molar-refractivity contribution in [2.75, 3.05) is 27.3 Å². The lowest BCUT2D eigenvalue weighted by atomic mass is 9.81. The zero-order chi connectivity index (χ0) is 11.6. The van der Waals surface area contributed by atoms with Gasteiger partial charge in [0.05, 0.1) is 12.1 Å². The van der Waals surface area contributed by atoms with Crippen LogP contribution in [-0.2, 0) is 9.53 Å². The van der Waals surface area contributed by atoms with E-state index in [-0.39, 0.29) is 11.5 Å². The van der Waals surface area contributed by atoms with E-state index in [1.165, 1.54) is 12.8 Å². The summed E-state index contributed by atoms with van der Waals surface area (Å²) < 4.78 is 5.45. The van der Waals surface area contributed by atoms with Gasteiger partial charge < -0.3 is 4.74 Å². The van der Waals surface area contributed by atoms with Crippen LogP contribution in [-0.4, -0.2) is 43.5 Å². The van der Waals surface area contributed by atoms with Crippen molar-refractivity contribution in [1.82, 2.24) is 4.90 Å². The van der Waals surface area contributed by atoms with Gasteiger partial charge in [0.1, 0.15) is 0 Å². The van der Waals surface area contributed by atoms with Gasteiger partial charge in [-0.3, -0.25) is 9.69 Å². The van der Waals surface area contributed by atoms with Gasteiger partial charge in [0.15, 0.2) is 5.78 Å². The highest BCUT2D eigenvalue weighted by molar-refractivity contribution is 5.91. The lowest BCUT2D eigenvalue weighted by molar-refractivity contribution is -0.137. The Morgan fingerprint density at radius 3 is 2.44 bits per heavy atom. The summed E-state index contributed by atoms with van der Waals surface area (Å²) in [5, 5.41) is 0. The highest BCUT2D eigenvalue weighted by Crippen LogP contribution is 2.37. The van der Waals surface area contributed by atoms with E-state index in [4.69, 9.17) is 4.74 Å². The molecule has 1 atom stereocenters. The van der Waals surface area contributed by atoms with E-state index < -0.39 is 0 Å². The van der Waals surface area contributed by atoms with Crippen LogP contribution in [0.4, 0.5) is 0 Å². The Bertz CT molecular complexity index is 251. The molecule has 3 heteroatoms. The molecule has 0 aromatic heterocycles. The van der Waals surface area contributed by atoms with Crippen LogP contribution in [0.2, 0.25) is 0 Å². The number of nitrogens with zero attached hydrogens (tertiary/aromatic N) is 1. The van der Waals surface area contributed by atoms with Gasteiger partial charge in [0.2, 0.25) is 0 Å². The molecule has 2 rings (SSSR count). The minimum absolute atomic E-state index is 0.147. The Hall–Kier alpha value is -0.410. The van der Waals surface area contributed by atoms with Crippen LogP contribution < -0.4 is 0 Å². The second kappa shape index (κ2) is 4.84. The standard InChI is InChI=1S/C13H23NO2/c1-14(2)13(7-3-4-8-13)12(15)11-6-5-9-16-10-11/h11H,3-10H2,1-2H3. The van der Waals surface area contributed by atoms with Crippen LogP contribution in [0.3, 0.4) is 0 Å². The molecule has 2 fully saturated rings. The number of likely N-dealkylation sites (N-methyl/N-ethyl adjacent to an activating group) is 1. The van der Waals surface area contributed by atoms with Crippen molar-refractivity contribution >= 4 is 5.78 Å². The van der Waals surface area contributed by atoms with Gasteiger partial charge >= 0.3 is 0 Å². The van der Waals surface area contributed by atoms with E-state index in [1.54, 1.807) is 0 Å². The lowest BCUT2D eigenvalue weighted by Gasteiger charge is -2.38. The van der Waals surface area contributed by atoms with Crippen molar-refractivity contribution in [3.05, 3.63) is 0 Å². The van der Waals surface area contributed by atoms with E-state index in [9.17, 15) is 4.79 Å². The first kappa shape index (κ1) is 12.1. The SMILES string of the molecule is CN(C)C1(C(=O)C2CCCOC2)CCCC1. The molecule has 0 bridgehead atoms. The Morgan fingerprint density at radius 2 is 1.94 bits per heavy atom. The largest absolute Gasteiger partial charge is 0.381 e. The molecule has 1 unspecified atom stereocenters. The molecule has 1 aliphatic carbocycles. The van der Waals surface area contributed by atoms with Crippen molar-refractivity contribution in [1.29, 1.82) is 0 Å². The molecule has 0 aromatic rings. The summed E-state index contributed by atoms with van der Waals surface area (Å²) in [5.41, 5.74) is -0.175. The number of ketones is 1. The molecular formula is C13H23NO2. The van der Waals surface area contributed by atoms with Crippen LogP contribution in [0.15, 0.2) is 0 Å². The first-order valence-electron chi connectivity index (χ1n) is 6.46. The fourth-order valence-electron chi connectivity index (χ4n) is 3.20. The highest BCUT2D eigenvalue weighted by atomic mass is 16.5. The van der Waals surface area contributed by atoms with Crippen LogP contribution in [0.5, 0.6) is 0 Å². The quantitative estimate of drug-likeness (QED) is 0.734. The predicted molar refractivity (Wildman–Crippen MR) is 63.4 cm³/mol. The maximum absolute atomic E-state index is 12.6. The number of Topliss-reactive ketones (excluding diaryl/α,β-unsaturated/α-hetero) is 1. The monoisotopic (exact) mass is 225 g/mol. The maximum Gasteiger partial charge on any atom is 0.158 e. The van der Waals surface area contributed by atoms with Crippen LogP contribution >= 0.6 is 0 Å². The second-order valence-corrected chi connectivity index (χ2v) is 5.41. The molecule has 1 saturated heterocycles. The molecule has 0 radical (unpaired) electrons. The Morgan fingerprint density at radius 1 is 1.25 bits per heavy atom. The summed E-state index contributed by atoms with van der Waals surface area (Å²) in [6.07, 6.45) is 6.52. The van der Waals surface area contributed by atoms with E-state index in [2.05, 4.69) is 4.90 Å². The Kier molecular flexibility index (Phi) is 3.65. The molecule has 0 N–H and O–H groups in total. The fraction of sp³-hybridized carbons (Fsp3) is 0.923. The maximum atomic E-state index is 12.6. The summed E-state index contributed by atoms with van der Waals surface area (Å²) in [7, 11) is 4.10.